The second-order valence-electron chi connectivity index (χ2n) is 3.60. The van der Waals surface area contributed by atoms with Gasteiger partial charge in [-0.1, -0.05) is 6.92 Å². The van der Waals surface area contributed by atoms with Gasteiger partial charge in [0.05, 0.1) is 0 Å². The molecule has 1 fully saturated rings. The lowest BCUT2D eigenvalue weighted by Crippen LogP contribution is -2.43. The number of aryl methyl sites for hydroxylation is 1. The van der Waals surface area contributed by atoms with Gasteiger partial charge in [-0.05, 0) is 18.6 Å². The van der Waals surface area contributed by atoms with Crippen LogP contribution in [0, 0.1) is 0 Å². The third kappa shape index (κ3) is 2.04. The summed E-state index contributed by atoms with van der Waals surface area (Å²) in [6.07, 6.45) is 2.93. The summed E-state index contributed by atoms with van der Waals surface area (Å²) in [6.45, 7) is 6.53. The summed E-state index contributed by atoms with van der Waals surface area (Å²) >= 11 is 0. The number of hydrogen-bond donors (Lipinski definition) is 1. The minimum absolute atomic E-state index is 1.01. The van der Waals surface area contributed by atoms with Crippen molar-refractivity contribution in [2.24, 2.45) is 0 Å². The molecule has 0 amide bonds. The van der Waals surface area contributed by atoms with Crippen LogP contribution in [-0.2, 0) is 6.42 Å². The molecule has 1 aromatic heterocycles. The van der Waals surface area contributed by atoms with Gasteiger partial charge in [-0.2, -0.15) is 0 Å². The van der Waals surface area contributed by atoms with Gasteiger partial charge in [0.25, 0.3) is 0 Å². The van der Waals surface area contributed by atoms with Gasteiger partial charge in [0.1, 0.15) is 0 Å². The van der Waals surface area contributed by atoms with E-state index in [1.807, 2.05) is 6.20 Å². The largest absolute Gasteiger partial charge is 0.369 e. The minimum Gasteiger partial charge on any atom is -0.369 e. The molecule has 14 heavy (non-hydrogen) atoms. The molecule has 0 atom stereocenters. The Labute approximate surface area is 85.1 Å². The highest BCUT2D eigenvalue weighted by molar-refractivity contribution is 5.46. The average molecular weight is 191 g/mol. The number of rotatable bonds is 2. The zero-order valence-corrected chi connectivity index (χ0v) is 8.66. The Morgan fingerprint density at radius 2 is 2.21 bits per heavy atom. The zero-order chi connectivity index (χ0) is 9.80. The number of nitrogens with zero attached hydrogens (tertiary/aromatic N) is 2. The molecular weight excluding hydrogens is 174 g/mol. The topological polar surface area (TPSA) is 28.2 Å². The normalized spacial score (nSPS) is 17.1. The molecule has 0 spiro atoms. The van der Waals surface area contributed by atoms with Crippen molar-refractivity contribution in [3.8, 4) is 0 Å². The minimum atomic E-state index is 1.01. The lowest BCUT2D eigenvalue weighted by molar-refractivity contribution is 0.589. The molecule has 2 heterocycles. The van der Waals surface area contributed by atoms with E-state index in [1.165, 1.54) is 11.4 Å². The van der Waals surface area contributed by atoms with Crippen LogP contribution in [0.5, 0.6) is 0 Å². The van der Waals surface area contributed by atoms with Gasteiger partial charge in [0, 0.05) is 43.8 Å². The van der Waals surface area contributed by atoms with Crippen LogP contribution in [0.15, 0.2) is 18.3 Å². The molecule has 0 saturated carbocycles. The lowest BCUT2D eigenvalue weighted by Gasteiger charge is -2.29. The van der Waals surface area contributed by atoms with E-state index < -0.39 is 0 Å². The molecule has 1 aliphatic heterocycles. The SMILES string of the molecule is CCc1cc(N2CCNCC2)ccn1. The second-order valence-corrected chi connectivity index (χ2v) is 3.60. The highest BCUT2D eigenvalue weighted by atomic mass is 15.2. The molecule has 1 aliphatic rings. The van der Waals surface area contributed by atoms with Crippen molar-refractivity contribution < 1.29 is 0 Å². The quantitative estimate of drug-likeness (QED) is 0.757. The summed E-state index contributed by atoms with van der Waals surface area (Å²) in [5.74, 6) is 0. The van der Waals surface area contributed by atoms with Crippen LogP contribution in [-0.4, -0.2) is 31.2 Å². The predicted octanol–water partition coefficient (Wildman–Crippen LogP) is 1.05. The molecular formula is C11H17N3. The van der Waals surface area contributed by atoms with Gasteiger partial charge in [0.2, 0.25) is 0 Å². The molecule has 3 nitrogen and oxygen atoms in total. The van der Waals surface area contributed by atoms with E-state index >= 15 is 0 Å². The van der Waals surface area contributed by atoms with Gasteiger partial charge >= 0.3 is 0 Å². The van der Waals surface area contributed by atoms with E-state index in [0.29, 0.717) is 0 Å². The fourth-order valence-electron chi connectivity index (χ4n) is 1.78. The van der Waals surface area contributed by atoms with Crippen LogP contribution in [0.2, 0.25) is 0 Å². The Morgan fingerprint density at radius 1 is 1.43 bits per heavy atom. The summed E-state index contributed by atoms with van der Waals surface area (Å²) in [4.78, 5) is 6.72. The highest BCUT2D eigenvalue weighted by Crippen LogP contribution is 2.14. The van der Waals surface area contributed by atoms with E-state index in [0.717, 1.165) is 32.6 Å². The van der Waals surface area contributed by atoms with E-state index in [1.54, 1.807) is 0 Å². The van der Waals surface area contributed by atoms with Crippen molar-refractivity contribution in [1.82, 2.24) is 10.3 Å². The van der Waals surface area contributed by atoms with E-state index in [-0.39, 0.29) is 0 Å². The molecule has 0 unspecified atom stereocenters. The molecule has 0 aromatic carbocycles. The summed E-state index contributed by atoms with van der Waals surface area (Å²) in [6, 6.07) is 4.30. The van der Waals surface area contributed by atoms with Crippen LogP contribution < -0.4 is 10.2 Å². The zero-order valence-electron chi connectivity index (χ0n) is 8.66. The summed E-state index contributed by atoms with van der Waals surface area (Å²) in [7, 11) is 0. The van der Waals surface area contributed by atoms with Gasteiger partial charge in [-0.15, -0.1) is 0 Å². The van der Waals surface area contributed by atoms with Crippen molar-refractivity contribution >= 4 is 5.69 Å². The molecule has 1 N–H and O–H groups in total. The Bertz CT molecular complexity index is 292. The molecule has 0 bridgehead atoms. The van der Waals surface area contributed by atoms with E-state index in [2.05, 4.69) is 34.3 Å². The molecule has 76 valence electrons. The Balaban J connectivity index is 2.13. The number of aromatic nitrogens is 1. The molecule has 3 heteroatoms. The number of anilines is 1. The van der Waals surface area contributed by atoms with Gasteiger partial charge in [-0.3, -0.25) is 4.98 Å². The van der Waals surface area contributed by atoms with Crippen molar-refractivity contribution in [3.05, 3.63) is 24.0 Å². The van der Waals surface area contributed by atoms with Crippen LogP contribution in [0.3, 0.4) is 0 Å². The average Bonchev–Trinajstić information content (AvgIpc) is 2.30. The maximum atomic E-state index is 4.31. The van der Waals surface area contributed by atoms with Crippen molar-refractivity contribution in [1.29, 1.82) is 0 Å². The first-order valence-corrected chi connectivity index (χ1v) is 5.30. The highest BCUT2D eigenvalue weighted by Gasteiger charge is 2.10. The van der Waals surface area contributed by atoms with Gasteiger partial charge < -0.3 is 10.2 Å². The van der Waals surface area contributed by atoms with E-state index in [9.17, 15) is 0 Å². The molecule has 1 aromatic rings. The fraction of sp³-hybridized carbons (Fsp3) is 0.545. The molecule has 0 radical (unpaired) electrons. The standard InChI is InChI=1S/C11H17N3/c1-2-10-9-11(3-4-13-10)14-7-5-12-6-8-14/h3-4,9,12H,2,5-8H2,1H3. The van der Waals surface area contributed by atoms with Crippen molar-refractivity contribution in [3.63, 3.8) is 0 Å². The maximum absolute atomic E-state index is 4.31. The third-order valence-corrected chi connectivity index (χ3v) is 2.64. The summed E-state index contributed by atoms with van der Waals surface area (Å²) in [5, 5.41) is 3.36. The summed E-state index contributed by atoms with van der Waals surface area (Å²) < 4.78 is 0. The second kappa shape index (κ2) is 4.42. The predicted molar refractivity (Wildman–Crippen MR) is 58.7 cm³/mol. The number of nitrogens with one attached hydrogen (secondary N) is 1. The molecule has 2 rings (SSSR count). The van der Waals surface area contributed by atoms with Crippen molar-refractivity contribution in [2.45, 2.75) is 13.3 Å². The first kappa shape index (κ1) is 9.46. The Kier molecular flexibility index (Phi) is 2.99. The van der Waals surface area contributed by atoms with Crippen LogP contribution in [0.4, 0.5) is 5.69 Å². The first-order valence-electron chi connectivity index (χ1n) is 5.30. The summed E-state index contributed by atoms with van der Waals surface area (Å²) in [5.41, 5.74) is 2.50. The lowest BCUT2D eigenvalue weighted by atomic mass is 10.2. The smallest absolute Gasteiger partial charge is 0.0421 e. The van der Waals surface area contributed by atoms with Crippen LogP contribution >= 0.6 is 0 Å². The number of hydrogen-bond acceptors (Lipinski definition) is 3. The monoisotopic (exact) mass is 191 g/mol. The van der Waals surface area contributed by atoms with Gasteiger partial charge in [0.15, 0.2) is 0 Å². The van der Waals surface area contributed by atoms with Gasteiger partial charge in [-0.25, -0.2) is 0 Å². The molecule has 0 aliphatic carbocycles. The number of pyridine rings is 1. The Morgan fingerprint density at radius 3 is 2.93 bits per heavy atom. The maximum Gasteiger partial charge on any atom is 0.0421 e. The van der Waals surface area contributed by atoms with Crippen molar-refractivity contribution in [2.75, 3.05) is 31.1 Å². The first-order chi connectivity index (χ1) is 6.90. The Hall–Kier alpha value is -1.09. The fourth-order valence-corrected chi connectivity index (χ4v) is 1.78. The van der Waals surface area contributed by atoms with Crippen LogP contribution in [0.25, 0.3) is 0 Å². The van der Waals surface area contributed by atoms with E-state index in [4.69, 9.17) is 0 Å². The third-order valence-electron chi connectivity index (χ3n) is 2.64. The molecule has 1 saturated heterocycles. The number of piperazine rings is 1. The van der Waals surface area contributed by atoms with Crippen LogP contribution in [0.1, 0.15) is 12.6 Å².